The molecule has 2 N–H and O–H groups in total. The van der Waals surface area contributed by atoms with Gasteiger partial charge in [0.15, 0.2) is 0 Å². The lowest BCUT2D eigenvalue weighted by molar-refractivity contribution is 0.106. The summed E-state index contributed by atoms with van der Waals surface area (Å²) in [6, 6.07) is 6.85. The number of aliphatic hydroxyl groups is 1. The molecule has 0 saturated carbocycles. The molecule has 1 heterocycles. The topological polar surface area (TPSA) is 59.3 Å². The Kier molecular flexibility index (Phi) is 6.32. The summed E-state index contributed by atoms with van der Waals surface area (Å²) < 4.78 is 7.28. The summed E-state index contributed by atoms with van der Waals surface area (Å²) in [4.78, 5) is 0. The van der Waals surface area contributed by atoms with Gasteiger partial charge in [-0.2, -0.15) is 5.10 Å². The van der Waals surface area contributed by atoms with E-state index in [0.29, 0.717) is 22.3 Å². The highest BCUT2D eigenvalue weighted by molar-refractivity contribution is 6.35. The van der Waals surface area contributed by atoms with Crippen molar-refractivity contribution in [1.29, 1.82) is 0 Å². The van der Waals surface area contributed by atoms with E-state index < -0.39 is 6.10 Å². The number of aromatic nitrogens is 2. The van der Waals surface area contributed by atoms with Crippen LogP contribution in [-0.4, -0.2) is 40.7 Å². The van der Waals surface area contributed by atoms with Gasteiger partial charge < -0.3 is 15.2 Å². The molecule has 1 atom stereocenters. The fraction of sp³-hybridized carbons (Fsp3) is 0.357. The van der Waals surface area contributed by atoms with E-state index in [-0.39, 0.29) is 6.61 Å². The van der Waals surface area contributed by atoms with Crippen molar-refractivity contribution in [1.82, 2.24) is 15.1 Å². The van der Waals surface area contributed by atoms with Crippen LogP contribution in [0.2, 0.25) is 10.0 Å². The Hall–Kier alpha value is -1.27. The lowest BCUT2D eigenvalue weighted by atomic mass is 10.3. The molecule has 0 aliphatic rings. The molecule has 7 heteroatoms. The van der Waals surface area contributed by atoms with Gasteiger partial charge in [-0.25, -0.2) is 0 Å². The Labute approximate surface area is 133 Å². The molecule has 0 aliphatic heterocycles. The summed E-state index contributed by atoms with van der Waals surface area (Å²) in [5.41, 5.74) is 0. The first-order chi connectivity index (χ1) is 10.1. The van der Waals surface area contributed by atoms with Crippen LogP contribution < -0.4 is 10.1 Å². The first-order valence-electron chi connectivity index (χ1n) is 6.59. The minimum Gasteiger partial charge on any atom is -0.489 e. The molecule has 0 radical (unpaired) electrons. The van der Waals surface area contributed by atoms with Gasteiger partial charge in [0.2, 0.25) is 0 Å². The van der Waals surface area contributed by atoms with Crippen molar-refractivity contribution in [2.24, 2.45) is 0 Å². The average Bonchev–Trinajstić information content (AvgIpc) is 2.96. The summed E-state index contributed by atoms with van der Waals surface area (Å²) >= 11 is 11.8. The van der Waals surface area contributed by atoms with Gasteiger partial charge in [0.1, 0.15) is 18.5 Å². The molecule has 0 fully saturated rings. The number of ether oxygens (including phenoxy) is 1. The van der Waals surface area contributed by atoms with E-state index >= 15 is 0 Å². The van der Waals surface area contributed by atoms with Crippen LogP contribution in [0, 0.1) is 0 Å². The van der Waals surface area contributed by atoms with E-state index in [1.807, 2.05) is 16.9 Å². The summed E-state index contributed by atoms with van der Waals surface area (Å²) in [5, 5.41) is 18.0. The van der Waals surface area contributed by atoms with Crippen molar-refractivity contribution in [2.45, 2.75) is 12.6 Å². The summed E-state index contributed by atoms with van der Waals surface area (Å²) in [5.74, 6) is 0.511. The monoisotopic (exact) mass is 329 g/mol. The molecule has 21 heavy (non-hydrogen) atoms. The van der Waals surface area contributed by atoms with Crippen molar-refractivity contribution >= 4 is 23.2 Å². The van der Waals surface area contributed by atoms with E-state index in [2.05, 4.69) is 10.4 Å². The van der Waals surface area contributed by atoms with E-state index in [1.54, 1.807) is 24.4 Å². The minimum atomic E-state index is -0.616. The van der Waals surface area contributed by atoms with Crippen LogP contribution in [0.4, 0.5) is 0 Å². The number of hydrogen-bond donors (Lipinski definition) is 2. The van der Waals surface area contributed by atoms with E-state index in [1.165, 1.54) is 0 Å². The van der Waals surface area contributed by atoms with Gasteiger partial charge in [0.25, 0.3) is 0 Å². The van der Waals surface area contributed by atoms with Gasteiger partial charge in [-0.3, -0.25) is 4.68 Å². The van der Waals surface area contributed by atoms with E-state index in [9.17, 15) is 5.11 Å². The molecule has 0 aliphatic carbocycles. The van der Waals surface area contributed by atoms with Crippen LogP contribution in [0.5, 0.6) is 5.75 Å². The zero-order chi connectivity index (χ0) is 15.1. The maximum atomic E-state index is 9.83. The summed E-state index contributed by atoms with van der Waals surface area (Å²) in [6.45, 7) is 2.08. The largest absolute Gasteiger partial charge is 0.489 e. The molecule has 114 valence electrons. The zero-order valence-corrected chi connectivity index (χ0v) is 12.9. The molecular weight excluding hydrogens is 313 g/mol. The minimum absolute atomic E-state index is 0.163. The average molecular weight is 330 g/mol. The van der Waals surface area contributed by atoms with Gasteiger partial charge in [0, 0.05) is 30.5 Å². The maximum absolute atomic E-state index is 9.83. The van der Waals surface area contributed by atoms with E-state index in [0.717, 1.165) is 13.1 Å². The van der Waals surface area contributed by atoms with Crippen LogP contribution in [0.15, 0.2) is 36.7 Å². The Balaban J connectivity index is 1.64. The Morgan fingerprint density at radius 3 is 2.95 bits per heavy atom. The van der Waals surface area contributed by atoms with Crippen molar-refractivity contribution in [3.8, 4) is 5.75 Å². The quantitative estimate of drug-likeness (QED) is 0.729. The molecule has 1 aromatic heterocycles. The SMILES string of the molecule is O[C@H](CNCCn1cccn1)COc1ccc(Cl)cc1Cl. The second kappa shape index (κ2) is 8.24. The van der Waals surface area contributed by atoms with Crippen molar-refractivity contribution < 1.29 is 9.84 Å². The Morgan fingerprint density at radius 1 is 1.38 bits per heavy atom. The number of halogens is 2. The Bertz CT molecular complexity index is 549. The Morgan fingerprint density at radius 2 is 2.24 bits per heavy atom. The highest BCUT2D eigenvalue weighted by Crippen LogP contribution is 2.27. The number of rotatable bonds is 8. The van der Waals surface area contributed by atoms with Crippen LogP contribution >= 0.6 is 23.2 Å². The molecule has 0 unspecified atom stereocenters. The van der Waals surface area contributed by atoms with Gasteiger partial charge in [-0.05, 0) is 24.3 Å². The number of nitrogens with zero attached hydrogens (tertiary/aromatic N) is 2. The van der Waals surface area contributed by atoms with Crippen LogP contribution in [0.25, 0.3) is 0 Å². The van der Waals surface area contributed by atoms with Gasteiger partial charge in [0.05, 0.1) is 11.6 Å². The number of hydrogen-bond acceptors (Lipinski definition) is 4. The van der Waals surface area contributed by atoms with Crippen LogP contribution in [-0.2, 0) is 6.54 Å². The molecule has 2 aromatic rings. The van der Waals surface area contributed by atoms with E-state index in [4.69, 9.17) is 27.9 Å². The third-order valence-corrected chi connectivity index (χ3v) is 3.31. The van der Waals surface area contributed by atoms with Crippen molar-refractivity contribution in [3.63, 3.8) is 0 Å². The number of nitrogens with one attached hydrogen (secondary N) is 1. The second-order valence-corrected chi connectivity index (χ2v) is 5.36. The molecule has 0 amide bonds. The fourth-order valence-corrected chi connectivity index (χ4v) is 2.20. The lowest BCUT2D eigenvalue weighted by Crippen LogP contribution is -2.33. The highest BCUT2D eigenvalue weighted by atomic mass is 35.5. The molecule has 1 aromatic carbocycles. The molecule has 0 bridgehead atoms. The number of aliphatic hydroxyl groups excluding tert-OH is 1. The lowest BCUT2D eigenvalue weighted by Gasteiger charge is -2.14. The molecule has 0 saturated heterocycles. The first kappa shape index (κ1) is 16.1. The molecular formula is C14H17Cl2N3O2. The summed E-state index contributed by atoms with van der Waals surface area (Å²) in [6.07, 6.45) is 3.01. The predicted molar refractivity (Wildman–Crippen MR) is 83.1 cm³/mol. The normalized spacial score (nSPS) is 12.3. The fourth-order valence-electron chi connectivity index (χ4n) is 1.73. The summed E-state index contributed by atoms with van der Waals surface area (Å²) in [7, 11) is 0. The smallest absolute Gasteiger partial charge is 0.138 e. The maximum Gasteiger partial charge on any atom is 0.138 e. The van der Waals surface area contributed by atoms with Crippen molar-refractivity contribution in [2.75, 3.05) is 19.7 Å². The van der Waals surface area contributed by atoms with Gasteiger partial charge in [-0.1, -0.05) is 23.2 Å². The van der Waals surface area contributed by atoms with Crippen LogP contribution in [0.1, 0.15) is 0 Å². The third-order valence-electron chi connectivity index (χ3n) is 2.78. The van der Waals surface area contributed by atoms with Gasteiger partial charge in [-0.15, -0.1) is 0 Å². The standard InChI is InChI=1S/C14H17Cl2N3O2/c15-11-2-3-14(13(16)8-11)21-10-12(20)9-17-5-7-19-6-1-4-18-19/h1-4,6,8,12,17,20H,5,7,9-10H2/t12-/m1/s1. The number of benzene rings is 1. The van der Waals surface area contributed by atoms with Gasteiger partial charge >= 0.3 is 0 Å². The first-order valence-corrected chi connectivity index (χ1v) is 7.35. The molecule has 5 nitrogen and oxygen atoms in total. The highest BCUT2D eigenvalue weighted by Gasteiger charge is 2.07. The second-order valence-electron chi connectivity index (χ2n) is 4.51. The molecule has 2 rings (SSSR count). The van der Waals surface area contributed by atoms with Crippen LogP contribution in [0.3, 0.4) is 0 Å². The third kappa shape index (κ3) is 5.55. The van der Waals surface area contributed by atoms with Crippen molar-refractivity contribution in [3.05, 3.63) is 46.7 Å². The molecule has 0 spiro atoms. The zero-order valence-electron chi connectivity index (χ0n) is 11.4. The predicted octanol–water partition coefficient (Wildman–Crippen LogP) is 2.22.